The van der Waals surface area contributed by atoms with E-state index in [0.29, 0.717) is 45.9 Å². The van der Waals surface area contributed by atoms with Crippen LogP contribution in [0, 0.1) is 0 Å². The maximum absolute atomic E-state index is 13.5. The average molecular weight is 676 g/mol. The van der Waals surface area contributed by atoms with Gasteiger partial charge in [0, 0.05) is 6.42 Å². The number of hydrogen-bond donors (Lipinski definition) is 1. The molecule has 0 aliphatic carbocycles. The van der Waals surface area contributed by atoms with Gasteiger partial charge in [-0.2, -0.15) is 18.3 Å². The molecule has 0 aliphatic rings. The van der Waals surface area contributed by atoms with Crippen molar-refractivity contribution in [2.45, 2.75) is 35.5 Å². The molecular weight excluding hydrogens is 647 g/mol. The first-order valence-corrected chi connectivity index (χ1v) is 16.5. The summed E-state index contributed by atoms with van der Waals surface area (Å²) in [5, 5.41) is 12.8. The van der Waals surface area contributed by atoms with Crippen LogP contribution in [-0.4, -0.2) is 69.7 Å². The number of halogens is 4. The molecule has 8 nitrogen and oxygen atoms in total. The Morgan fingerprint density at radius 2 is 1.79 bits per heavy atom. The zero-order valence-corrected chi connectivity index (χ0v) is 26.6. The lowest BCUT2D eigenvalue weighted by Crippen LogP contribution is -2.21. The van der Waals surface area contributed by atoms with Gasteiger partial charge in [-0.05, 0) is 67.1 Å². The molecule has 0 saturated heterocycles. The van der Waals surface area contributed by atoms with Gasteiger partial charge in [0.2, 0.25) is 0 Å². The maximum Gasteiger partial charge on any atom is 0.490 e. The molecule has 232 valence electrons. The Morgan fingerprint density at radius 1 is 1.14 bits per heavy atom. The number of methoxy groups -OCH3 is 1. The van der Waals surface area contributed by atoms with Crippen molar-refractivity contribution in [1.82, 2.24) is 14.7 Å². The van der Waals surface area contributed by atoms with E-state index in [-0.39, 0.29) is 11.5 Å². The van der Waals surface area contributed by atoms with Crippen LogP contribution in [0.3, 0.4) is 0 Å². The number of aliphatic carboxylic acids is 1. The van der Waals surface area contributed by atoms with Crippen LogP contribution in [0.2, 0.25) is 4.34 Å². The summed E-state index contributed by atoms with van der Waals surface area (Å²) < 4.78 is 53.9. The van der Waals surface area contributed by atoms with Gasteiger partial charge in [-0.15, -0.1) is 11.3 Å². The van der Waals surface area contributed by atoms with E-state index < -0.39 is 20.6 Å². The average Bonchev–Trinajstić information content (AvgIpc) is 3.51. The minimum Gasteiger partial charge on any atom is -0.496 e. The van der Waals surface area contributed by atoms with Crippen molar-refractivity contribution < 1.29 is 36.8 Å². The number of hydrogen-bond acceptors (Lipinski definition) is 8. The highest BCUT2D eigenvalue weighted by molar-refractivity contribution is 8.33. The SMILES string of the molecule is COc1cccc2c1c(CS(=O)(=S)c1ccc(Cl)s1)nn2Cc1cccc(CCC(=O)CN(C)C)c1.O=C(O)C(F)(F)F. The highest BCUT2D eigenvalue weighted by Gasteiger charge is 2.38. The molecule has 1 atom stereocenters. The number of thiophene rings is 1. The summed E-state index contributed by atoms with van der Waals surface area (Å²) in [4.78, 5) is 22.9. The monoisotopic (exact) mass is 675 g/mol. The molecule has 1 unspecified atom stereocenters. The molecule has 0 saturated carbocycles. The van der Waals surface area contributed by atoms with Crippen molar-refractivity contribution in [2.24, 2.45) is 0 Å². The number of likely N-dealkylation sites (N-methyl/N-ethyl adjacent to an activating group) is 1. The number of aromatic nitrogens is 2. The van der Waals surface area contributed by atoms with Crippen molar-refractivity contribution in [1.29, 1.82) is 0 Å². The van der Waals surface area contributed by atoms with E-state index in [1.54, 1.807) is 19.2 Å². The van der Waals surface area contributed by atoms with Crippen molar-refractivity contribution in [2.75, 3.05) is 27.7 Å². The Labute approximate surface area is 260 Å². The van der Waals surface area contributed by atoms with Crippen LogP contribution < -0.4 is 4.74 Å². The first-order chi connectivity index (χ1) is 20.1. The standard InChI is InChI=1S/C26H28ClN3O3S3.C2HF3O2/c1-29(2)16-20(31)11-10-18-6-4-7-19(14-18)15-30-22-8-5-9-23(33-3)26(22)21(28-30)17-36(32,34)25-13-12-24(27)35-25;3-2(4,5)1(6)7/h4-9,12-14H,10-11,15-17H2,1-3H3;(H,6,7). The summed E-state index contributed by atoms with van der Waals surface area (Å²) in [7, 11) is 2.61. The van der Waals surface area contributed by atoms with Gasteiger partial charge in [0.25, 0.3) is 0 Å². The van der Waals surface area contributed by atoms with Crippen LogP contribution >= 0.6 is 22.9 Å². The van der Waals surface area contributed by atoms with Gasteiger partial charge in [0.15, 0.2) is 0 Å². The van der Waals surface area contributed by atoms with Gasteiger partial charge >= 0.3 is 12.1 Å². The van der Waals surface area contributed by atoms with Crippen LogP contribution in [-0.2, 0) is 48.0 Å². The minimum absolute atomic E-state index is 0.108. The van der Waals surface area contributed by atoms with Gasteiger partial charge in [0.05, 0.1) is 59.6 Å². The van der Waals surface area contributed by atoms with E-state index >= 15 is 0 Å². The second-order valence-corrected chi connectivity index (χ2v) is 15.2. The largest absolute Gasteiger partial charge is 0.496 e. The smallest absolute Gasteiger partial charge is 0.490 e. The molecule has 0 spiro atoms. The lowest BCUT2D eigenvalue weighted by atomic mass is 10.0. The van der Waals surface area contributed by atoms with Gasteiger partial charge in [-0.3, -0.25) is 13.7 Å². The number of carboxylic acids is 1. The van der Waals surface area contributed by atoms with E-state index in [2.05, 4.69) is 6.07 Å². The first kappa shape index (κ1) is 34.5. The Hall–Kier alpha value is -3.04. The minimum atomic E-state index is -5.08. The number of carbonyl (C=O) groups is 2. The molecule has 0 amide bonds. The number of fused-ring (bicyclic) bond motifs is 1. The second-order valence-electron chi connectivity index (χ2n) is 9.68. The number of carboxylic acid groups (broad SMARTS) is 1. The molecule has 2 aromatic heterocycles. The zero-order valence-electron chi connectivity index (χ0n) is 23.4. The third-order valence-electron chi connectivity index (χ3n) is 5.97. The molecule has 4 rings (SSSR count). The Kier molecular flexibility index (Phi) is 11.7. The molecule has 0 bridgehead atoms. The zero-order chi connectivity index (χ0) is 31.9. The fourth-order valence-corrected chi connectivity index (χ4v) is 7.81. The van der Waals surface area contributed by atoms with Gasteiger partial charge in [-0.1, -0.05) is 41.9 Å². The predicted molar refractivity (Wildman–Crippen MR) is 164 cm³/mol. The van der Waals surface area contributed by atoms with E-state index in [1.165, 1.54) is 11.3 Å². The molecule has 0 fully saturated rings. The summed E-state index contributed by atoms with van der Waals surface area (Å²) in [6.45, 7) is 0.972. The Bertz CT molecular complexity index is 1700. The molecule has 2 aromatic carbocycles. The van der Waals surface area contributed by atoms with Crippen molar-refractivity contribution in [3.63, 3.8) is 0 Å². The number of benzene rings is 2. The van der Waals surface area contributed by atoms with Gasteiger partial charge in [0.1, 0.15) is 11.5 Å². The first-order valence-electron chi connectivity index (χ1n) is 12.7. The summed E-state index contributed by atoms with van der Waals surface area (Å²) in [6.07, 6.45) is -3.88. The topological polar surface area (TPSA) is 102 Å². The Morgan fingerprint density at radius 3 is 2.37 bits per heavy atom. The number of nitrogens with zero attached hydrogens (tertiary/aromatic N) is 3. The van der Waals surface area contributed by atoms with Crippen LogP contribution in [0.4, 0.5) is 13.2 Å². The number of aryl methyl sites for hydroxylation is 1. The van der Waals surface area contributed by atoms with Gasteiger partial charge in [-0.25, -0.2) is 4.79 Å². The normalized spacial score (nSPS) is 12.9. The lowest BCUT2D eigenvalue weighted by molar-refractivity contribution is -0.192. The third-order valence-corrected chi connectivity index (χ3v) is 10.7. The lowest BCUT2D eigenvalue weighted by Gasteiger charge is -2.09. The molecule has 4 aromatic rings. The number of ether oxygens (including phenoxy) is 1. The quantitative estimate of drug-likeness (QED) is 0.213. The fourth-order valence-electron chi connectivity index (χ4n) is 4.15. The highest BCUT2D eigenvalue weighted by Crippen LogP contribution is 2.34. The number of rotatable bonds is 11. The molecule has 43 heavy (non-hydrogen) atoms. The van der Waals surface area contributed by atoms with E-state index in [0.717, 1.165) is 22.0 Å². The third kappa shape index (κ3) is 9.73. The van der Waals surface area contributed by atoms with Crippen molar-refractivity contribution >= 4 is 65.3 Å². The summed E-state index contributed by atoms with van der Waals surface area (Å²) >= 11 is 12.8. The van der Waals surface area contributed by atoms with Crippen LogP contribution in [0.1, 0.15) is 23.2 Å². The van der Waals surface area contributed by atoms with E-state index in [9.17, 15) is 22.2 Å². The number of Topliss-reactive ketones (excluding diaryl/α,β-unsaturated/α-hetero) is 1. The number of ketones is 1. The number of alkyl halides is 3. The van der Waals surface area contributed by atoms with E-state index in [1.807, 2.05) is 60.1 Å². The van der Waals surface area contributed by atoms with Crippen LogP contribution in [0.5, 0.6) is 5.75 Å². The van der Waals surface area contributed by atoms with Crippen molar-refractivity contribution in [3.8, 4) is 5.75 Å². The second kappa shape index (κ2) is 14.6. The molecule has 15 heteroatoms. The Balaban J connectivity index is 0.000000646. The van der Waals surface area contributed by atoms with Crippen molar-refractivity contribution in [3.05, 3.63) is 75.8 Å². The van der Waals surface area contributed by atoms with Crippen LogP contribution in [0.25, 0.3) is 10.9 Å². The summed E-state index contributed by atoms with van der Waals surface area (Å²) in [5.41, 5.74) is 3.69. The molecule has 0 radical (unpaired) electrons. The van der Waals surface area contributed by atoms with E-state index in [4.69, 9.17) is 42.5 Å². The molecule has 2 heterocycles. The molecule has 1 N–H and O–H groups in total. The molecule has 0 aliphatic heterocycles. The summed E-state index contributed by atoms with van der Waals surface area (Å²) in [6, 6.07) is 17.4. The number of carbonyl (C=O) groups excluding carboxylic acids is 1. The summed E-state index contributed by atoms with van der Waals surface area (Å²) in [5.74, 6) is -1.76. The predicted octanol–water partition coefficient (Wildman–Crippen LogP) is 5.81. The van der Waals surface area contributed by atoms with Gasteiger partial charge < -0.3 is 14.7 Å². The maximum atomic E-state index is 13.5. The fraction of sp³-hybridized carbons (Fsp3) is 0.321. The van der Waals surface area contributed by atoms with Crippen LogP contribution in [0.15, 0.2) is 58.8 Å². The molecular formula is C28H29ClF3N3O5S3. The highest BCUT2D eigenvalue weighted by atomic mass is 35.5.